The molecular formula is C19H21N3O6. The first-order valence-corrected chi connectivity index (χ1v) is 8.67. The molecule has 0 fully saturated rings. The van der Waals surface area contributed by atoms with Crippen LogP contribution in [0.1, 0.15) is 29.3 Å². The maximum absolute atomic E-state index is 12.1. The minimum atomic E-state index is -0.767. The zero-order valence-corrected chi connectivity index (χ0v) is 15.4. The number of ketones is 1. The number of esters is 1. The highest BCUT2D eigenvalue weighted by atomic mass is 16.5. The number of rotatable bonds is 9. The third-order valence-corrected chi connectivity index (χ3v) is 3.85. The lowest BCUT2D eigenvalue weighted by molar-refractivity contribution is -0.143. The summed E-state index contributed by atoms with van der Waals surface area (Å²) in [5.74, 6) is -1.20. The maximum Gasteiger partial charge on any atom is 0.328 e. The number of benzene rings is 1. The number of ether oxygens (including phenoxy) is 1. The zero-order chi connectivity index (χ0) is 20.5. The van der Waals surface area contributed by atoms with Gasteiger partial charge in [-0.15, -0.1) is 0 Å². The number of aromatic amines is 1. The highest BCUT2D eigenvalue weighted by Crippen LogP contribution is 2.08. The second-order valence-corrected chi connectivity index (χ2v) is 6.11. The van der Waals surface area contributed by atoms with Crippen LogP contribution in [0.5, 0.6) is 0 Å². The Kier molecular flexibility index (Phi) is 7.44. The third kappa shape index (κ3) is 6.67. The maximum atomic E-state index is 12.1. The molecule has 2 aromatic rings. The van der Waals surface area contributed by atoms with Gasteiger partial charge in [-0.25, -0.2) is 4.79 Å². The van der Waals surface area contributed by atoms with Gasteiger partial charge < -0.3 is 10.1 Å². The van der Waals surface area contributed by atoms with Crippen molar-refractivity contribution < 1.29 is 19.1 Å². The Morgan fingerprint density at radius 2 is 1.82 bits per heavy atom. The van der Waals surface area contributed by atoms with Gasteiger partial charge in [0.15, 0.2) is 12.4 Å². The Hall–Kier alpha value is -3.49. The molecule has 148 valence electrons. The van der Waals surface area contributed by atoms with Crippen molar-refractivity contribution in [2.75, 3.05) is 13.2 Å². The monoisotopic (exact) mass is 387 g/mol. The number of aromatic nitrogens is 2. The Morgan fingerprint density at radius 1 is 1.11 bits per heavy atom. The van der Waals surface area contributed by atoms with Gasteiger partial charge in [-0.1, -0.05) is 24.3 Å². The second kappa shape index (κ2) is 10.0. The summed E-state index contributed by atoms with van der Waals surface area (Å²) in [7, 11) is 0. The number of nitrogens with one attached hydrogen (secondary N) is 2. The van der Waals surface area contributed by atoms with E-state index in [4.69, 9.17) is 4.74 Å². The lowest BCUT2D eigenvalue weighted by Crippen LogP contribution is -2.31. The number of Topliss-reactive ketones (excluding diaryl/α,β-unsaturated/α-hetero) is 1. The smallest absolute Gasteiger partial charge is 0.328 e. The second-order valence-electron chi connectivity index (χ2n) is 6.11. The highest BCUT2D eigenvalue weighted by molar-refractivity contribution is 5.97. The van der Waals surface area contributed by atoms with E-state index in [1.165, 1.54) is 13.1 Å². The van der Waals surface area contributed by atoms with E-state index < -0.39 is 30.4 Å². The summed E-state index contributed by atoms with van der Waals surface area (Å²) in [5.41, 5.74) is 0.129. The lowest BCUT2D eigenvalue weighted by atomic mass is 10.1. The molecule has 0 aliphatic heterocycles. The predicted octanol–water partition coefficient (Wildman–Crippen LogP) is 0.0314. The van der Waals surface area contributed by atoms with Crippen molar-refractivity contribution in [3.8, 4) is 0 Å². The standard InChI is InChI=1S/C19H21N3O6/c1-13(23)20-9-2-3-14-4-6-15(7-5-14)16(24)12-28-18(26)11-22-10-8-17(25)21-19(22)27/h4-8,10H,2-3,9,11-12H2,1H3,(H,20,23)(H,21,25,27). The van der Waals surface area contributed by atoms with Gasteiger partial charge in [0.25, 0.3) is 5.56 Å². The van der Waals surface area contributed by atoms with E-state index in [1.54, 1.807) is 12.1 Å². The fourth-order valence-electron chi connectivity index (χ4n) is 2.40. The van der Waals surface area contributed by atoms with Crippen LogP contribution in [-0.2, 0) is 27.3 Å². The summed E-state index contributed by atoms with van der Waals surface area (Å²) in [5, 5.41) is 2.72. The fraction of sp³-hybridized carbons (Fsp3) is 0.316. The molecule has 1 amide bonds. The average Bonchev–Trinajstić information content (AvgIpc) is 2.66. The van der Waals surface area contributed by atoms with Crippen molar-refractivity contribution in [3.05, 3.63) is 68.5 Å². The summed E-state index contributed by atoms with van der Waals surface area (Å²) >= 11 is 0. The van der Waals surface area contributed by atoms with Gasteiger partial charge in [0, 0.05) is 31.3 Å². The molecule has 1 aromatic carbocycles. The lowest BCUT2D eigenvalue weighted by Gasteiger charge is -2.07. The molecule has 0 atom stereocenters. The van der Waals surface area contributed by atoms with Crippen LogP contribution in [0.25, 0.3) is 0 Å². The first kappa shape index (κ1) is 20.8. The number of H-pyrrole nitrogens is 1. The van der Waals surface area contributed by atoms with Crippen molar-refractivity contribution in [2.24, 2.45) is 0 Å². The van der Waals surface area contributed by atoms with E-state index in [0.29, 0.717) is 12.1 Å². The van der Waals surface area contributed by atoms with Gasteiger partial charge in [-0.05, 0) is 18.4 Å². The Bertz CT molecular complexity index is 959. The van der Waals surface area contributed by atoms with Gasteiger partial charge in [0.2, 0.25) is 5.91 Å². The van der Waals surface area contributed by atoms with Crippen LogP contribution in [0.15, 0.2) is 46.1 Å². The van der Waals surface area contributed by atoms with E-state index >= 15 is 0 Å². The molecule has 0 saturated carbocycles. The zero-order valence-electron chi connectivity index (χ0n) is 15.4. The summed E-state index contributed by atoms with van der Waals surface area (Å²) in [6, 6.07) is 8.02. The quantitative estimate of drug-likeness (QED) is 0.355. The normalized spacial score (nSPS) is 10.3. The van der Waals surface area contributed by atoms with E-state index in [9.17, 15) is 24.0 Å². The van der Waals surface area contributed by atoms with Gasteiger partial charge in [0.05, 0.1) is 0 Å². The van der Waals surface area contributed by atoms with Crippen LogP contribution in [0, 0.1) is 0 Å². The molecule has 0 radical (unpaired) electrons. The van der Waals surface area contributed by atoms with Gasteiger partial charge in [-0.3, -0.25) is 28.7 Å². The number of aryl methyl sites for hydroxylation is 1. The minimum Gasteiger partial charge on any atom is -0.456 e. The molecule has 0 aliphatic carbocycles. The molecule has 9 heteroatoms. The van der Waals surface area contributed by atoms with Crippen LogP contribution in [0.2, 0.25) is 0 Å². The predicted molar refractivity (Wildman–Crippen MR) is 100 cm³/mol. The van der Waals surface area contributed by atoms with Crippen molar-refractivity contribution in [2.45, 2.75) is 26.3 Å². The molecule has 1 heterocycles. The summed E-state index contributed by atoms with van der Waals surface area (Å²) in [6.45, 7) is 1.20. The van der Waals surface area contributed by atoms with Gasteiger partial charge in [-0.2, -0.15) is 0 Å². The molecule has 9 nitrogen and oxygen atoms in total. The highest BCUT2D eigenvalue weighted by Gasteiger charge is 2.11. The first-order chi connectivity index (χ1) is 13.3. The topological polar surface area (TPSA) is 127 Å². The van der Waals surface area contributed by atoms with Crippen LogP contribution in [0.3, 0.4) is 0 Å². The number of carbonyl (C=O) groups excluding carboxylic acids is 3. The first-order valence-electron chi connectivity index (χ1n) is 8.67. The van der Waals surface area contributed by atoms with Crippen LogP contribution in [-0.4, -0.2) is 40.4 Å². The van der Waals surface area contributed by atoms with Crippen molar-refractivity contribution in [3.63, 3.8) is 0 Å². The number of carbonyl (C=O) groups is 3. The van der Waals surface area contributed by atoms with E-state index in [2.05, 4.69) is 5.32 Å². The SMILES string of the molecule is CC(=O)NCCCc1ccc(C(=O)COC(=O)Cn2ccc(=O)[nH]c2=O)cc1. The number of amides is 1. The molecular weight excluding hydrogens is 366 g/mol. The molecule has 0 aliphatic rings. The molecule has 1 aromatic heterocycles. The van der Waals surface area contributed by atoms with E-state index in [-0.39, 0.29) is 11.7 Å². The number of hydrogen-bond donors (Lipinski definition) is 2. The summed E-state index contributed by atoms with van der Waals surface area (Å²) in [6.07, 6.45) is 2.72. The molecule has 28 heavy (non-hydrogen) atoms. The average molecular weight is 387 g/mol. The molecule has 0 unspecified atom stereocenters. The number of hydrogen-bond acceptors (Lipinski definition) is 6. The van der Waals surface area contributed by atoms with E-state index in [0.717, 1.165) is 29.0 Å². The minimum absolute atomic E-state index is 0.0686. The van der Waals surface area contributed by atoms with Gasteiger partial charge >= 0.3 is 11.7 Å². The van der Waals surface area contributed by atoms with Crippen molar-refractivity contribution >= 4 is 17.7 Å². The Labute approximate surface area is 160 Å². The van der Waals surface area contributed by atoms with Crippen LogP contribution in [0.4, 0.5) is 0 Å². The largest absolute Gasteiger partial charge is 0.456 e. The molecule has 0 bridgehead atoms. The summed E-state index contributed by atoms with van der Waals surface area (Å²) in [4.78, 5) is 59.2. The number of nitrogens with zero attached hydrogens (tertiary/aromatic N) is 1. The molecule has 2 rings (SSSR count). The molecule has 2 N–H and O–H groups in total. The van der Waals surface area contributed by atoms with Gasteiger partial charge in [0.1, 0.15) is 6.54 Å². The Morgan fingerprint density at radius 3 is 2.46 bits per heavy atom. The molecule has 0 spiro atoms. The third-order valence-electron chi connectivity index (χ3n) is 3.85. The Balaban J connectivity index is 1.80. The summed E-state index contributed by atoms with van der Waals surface area (Å²) < 4.78 is 5.88. The van der Waals surface area contributed by atoms with Crippen LogP contribution >= 0.6 is 0 Å². The van der Waals surface area contributed by atoms with E-state index in [1.807, 2.05) is 17.1 Å². The van der Waals surface area contributed by atoms with Crippen LogP contribution < -0.4 is 16.6 Å². The van der Waals surface area contributed by atoms with Crippen molar-refractivity contribution in [1.29, 1.82) is 0 Å². The molecule has 0 saturated heterocycles. The van der Waals surface area contributed by atoms with Crippen molar-refractivity contribution in [1.82, 2.24) is 14.9 Å². The fourth-order valence-corrected chi connectivity index (χ4v) is 2.40.